The van der Waals surface area contributed by atoms with Crippen LogP contribution >= 0.6 is 0 Å². The second-order valence-electron chi connectivity index (χ2n) is 17.0. The number of hydrogen-bond donors (Lipinski definition) is 5. The van der Waals surface area contributed by atoms with Gasteiger partial charge < -0.3 is 31.7 Å². The Hall–Kier alpha value is -0.730. The molecule has 4 rings (SSSR count). The SMILES string of the molecule is CC(C)N(C(=O)CC[C@@H](C)[C@H]1CCC2C3C(CC[C@@]21C)[C@@]1(C)CC[C@H](NCCCNCCNCCCN)CC1C[C@H]3O)C(C)C. The summed E-state index contributed by atoms with van der Waals surface area (Å²) in [6.07, 6.45) is 13.7. The van der Waals surface area contributed by atoms with Gasteiger partial charge in [0.15, 0.2) is 0 Å². The van der Waals surface area contributed by atoms with E-state index in [0.717, 1.165) is 65.0 Å². The number of rotatable bonds is 17. The zero-order chi connectivity index (χ0) is 32.8. The molecule has 0 aromatic carbocycles. The Morgan fingerprint density at radius 1 is 0.844 bits per heavy atom. The Kier molecular flexibility index (Phi) is 13.7. The fraction of sp³-hybridized carbons (Fsp3) is 0.974. The van der Waals surface area contributed by atoms with E-state index in [1.165, 1.54) is 44.9 Å². The molecule has 45 heavy (non-hydrogen) atoms. The third-order valence-electron chi connectivity index (χ3n) is 13.7. The molecule has 0 bridgehead atoms. The van der Waals surface area contributed by atoms with E-state index in [1.54, 1.807) is 0 Å². The molecule has 4 fully saturated rings. The van der Waals surface area contributed by atoms with Gasteiger partial charge in [-0.1, -0.05) is 20.8 Å². The van der Waals surface area contributed by atoms with Gasteiger partial charge in [0, 0.05) is 37.6 Å². The lowest BCUT2D eigenvalue weighted by Crippen LogP contribution is -2.59. The summed E-state index contributed by atoms with van der Waals surface area (Å²) in [7, 11) is 0. The summed E-state index contributed by atoms with van der Waals surface area (Å²) < 4.78 is 0. The summed E-state index contributed by atoms with van der Waals surface area (Å²) in [4.78, 5) is 15.2. The van der Waals surface area contributed by atoms with E-state index in [9.17, 15) is 9.90 Å². The maximum Gasteiger partial charge on any atom is 0.223 e. The molecular formula is C38H73N5O2. The average Bonchev–Trinajstić information content (AvgIpc) is 3.34. The maximum absolute atomic E-state index is 13.2. The van der Waals surface area contributed by atoms with Crippen molar-refractivity contribution in [1.82, 2.24) is 20.9 Å². The molecule has 0 spiro atoms. The summed E-state index contributed by atoms with van der Waals surface area (Å²) in [6, 6.07) is 1.11. The Labute approximate surface area is 277 Å². The van der Waals surface area contributed by atoms with Gasteiger partial charge >= 0.3 is 0 Å². The highest BCUT2D eigenvalue weighted by Crippen LogP contribution is 2.68. The molecule has 0 radical (unpaired) electrons. The fourth-order valence-corrected chi connectivity index (χ4v) is 11.4. The van der Waals surface area contributed by atoms with Crippen molar-refractivity contribution < 1.29 is 9.90 Å². The van der Waals surface area contributed by atoms with Gasteiger partial charge in [0.2, 0.25) is 5.91 Å². The number of amides is 1. The van der Waals surface area contributed by atoms with Crippen LogP contribution in [0.15, 0.2) is 0 Å². The van der Waals surface area contributed by atoms with Gasteiger partial charge in [-0.3, -0.25) is 4.79 Å². The van der Waals surface area contributed by atoms with E-state index in [0.29, 0.717) is 64.7 Å². The molecule has 4 aliphatic rings. The van der Waals surface area contributed by atoms with E-state index in [1.807, 2.05) is 0 Å². The maximum atomic E-state index is 13.2. The Morgan fingerprint density at radius 2 is 1.49 bits per heavy atom. The predicted molar refractivity (Wildman–Crippen MR) is 188 cm³/mol. The molecular weight excluding hydrogens is 558 g/mol. The van der Waals surface area contributed by atoms with Crippen LogP contribution in [0, 0.1) is 46.3 Å². The zero-order valence-corrected chi connectivity index (χ0v) is 30.4. The van der Waals surface area contributed by atoms with E-state index in [-0.39, 0.29) is 18.2 Å². The predicted octanol–water partition coefficient (Wildman–Crippen LogP) is 5.55. The van der Waals surface area contributed by atoms with Crippen LogP contribution in [0.3, 0.4) is 0 Å². The lowest BCUT2D eigenvalue weighted by molar-refractivity contribution is -0.167. The molecule has 0 aliphatic heterocycles. The number of aliphatic hydroxyl groups excluding tert-OH is 1. The summed E-state index contributed by atoms with van der Waals surface area (Å²) in [5.41, 5.74) is 6.22. The lowest BCUT2D eigenvalue weighted by Gasteiger charge is -2.62. The molecule has 1 amide bonds. The van der Waals surface area contributed by atoms with Crippen molar-refractivity contribution in [1.29, 1.82) is 0 Å². The Morgan fingerprint density at radius 3 is 2.16 bits per heavy atom. The molecule has 4 aliphatic carbocycles. The van der Waals surface area contributed by atoms with Gasteiger partial charge in [-0.05, 0) is 171 Å². The first-order chi connectivity index (χ1) is 21.4. The van der Waals surface area contributed by atoms with Crippen LogP contribution in [-0.4, -0.2) is 79.4 Å². The van der Waals surface area contributed by atoms with Crippen LogP contribution in [-0.2, 0) is 4.79 Å². The van der Waals surface area contributed by atoms with Crippen LogP contribution in [0.5, 0.6) is 0 Å². The van der Waals surface area contributed by atoms with Crippen LogP contribution in [0.1, 0.15) is 126 Å². The van der Waals surface area contributed by atoms with Crippen molar-refractivity contribution in [3.05, 3.63) is 0 Å². The number of nitrogens with two attached hydrogens (primary N) is 1. The van der Waals surface area contributed by atoms with Crippen molar-refractivity contribution >= 4 is 5.91 Å². The summed E-state index contributed by atoms with van der Waals surface area (Å²) in [5, 5.41) is 22.7. The van der Waals surface area contributed by atoms with Gasteiger partial charge in [0.25, 0.3) is 0 Å². The van der Waals surface area contributed by atoms with Crippen molar-refractivity contribution in [2.24, 2.45) is 52.1 Å². The van der Waals surface area contributed by atoms with Crippen LogP contribution in [0.2, 0.25) is 0 Å². The summed E-state index contributed by atoms with van der Waals surface area (Å²) in [5.74, 6) is 3.93. The monoisotopic (exact) mass is 632 g/mol. The number of carbonyl (C=O) groups excluding carboxylic acids is 1. The number of nitrogens with one attached hydrogen (secondary N) is 3. The highest BCUT2D eigenvalue weighted by Gasteiger charge is 2.62. The third-order valence-corrected chi connectivity index (χ3v) is 13.7. The third kappa shape index (κ3) is 8.47. The fourth-order valence-electron chi connectivity index (χ4n) is 11.4. The standard InChI is InChI=1S/C38H73N5O2/c1-26(2)43(27(3)4)35(45)13-10-28(5)31-11-12-32-36-33(15-17-38(31,32)7)37(6)16-14-30(24-29(37)25-34(36)44)42-21-9-20-41-23-22-40-19-8-18-39/h26-34,36,40-42,44H,8-25,39H2,1-7H3/t28-,29?,30+,31-,32?,33?,34-,36?,37+,38-/m1/s1. The second-order valence-corrected chi connectivity index (χ2v) is 17.0. The quantitative estimate of drug-likeness (QED) is 0.135. The molecule has 4 saturated carbocycles. The van der Waals surface area contributed by atoms with Crippen LogP contribution in [0.25, 0.3) is 0 Å². The van der Waals surface area contributed by atoms with Gasteiger partial charge in [0.05, 0.1) is 6.10 Å². The topological polar surface area (TPSA) is 103 Å². The molecule has 7 nitrogen and oxygen atoms in total. The van der Waals surface area contributed by atoms with E-state index >= 15 is 0 Å². The molecule has 0 heterocycles. The molecule has 6 N–H and O–H groups in total. The average molecular weight is 632 g/mol. The molecule has 0 aromatic heterocycles. The zero-order valence-electron chi connectivity index (χ0n) is 30.4. The van der Waals surface area contributed by atoms with Gasteiger partial charge in [-0.2, -0.15) is 0 Å². The van der Waals surface area contributed by atoms with Gasteiger partial charge in [-0.25, -0.2) is 0 Å². The summed E-state index contributed by atoms with van der Waals surface area (Å²) >= 11 is 0. The molecule has 10 atom stereocenters. The molecule has 0 saturated heterocycles. The highest BCUT2D eigenvalue weighted by atomic mass is 16.3. The summed E-state index contributed by atoms with van der Waals surface area (Å²) in [6.45, 7) is 22.1. The number of nitrogens with zero attached hydrogens (tertiary/aromatic N) is 1. The number of fused-ring (bicyclic) bond motifs is 5. The smallest absolute Gasteiger partial charge is 0.223 e. The van der Waals surface area contributed by atoms with Crippen molar-refractivity contribution in [3.63, 3.8) is 0 Å². The van der Waals surface area contributed by atoms with Gasteiger partial charge in [0.1, 0.15) is 0 Å². The Balaban J connectivity index is 1.26. The molecule has 7 heteroatoms. The number of carbonyl (C=O) groups is 1. The minimum Gasteiger partial charge on any atom is -0.393 e. The minimum atomic E-state index is -0.152. The largest absolute Gasteiger partial charge is 0.393 e. The lowest BCUT2D eigenvalue weighted by atomic mass is 9.43. The molecule has 262 valence electrons. The van der Waals surface area contributed by atoms with Crippen molar-refractivity contribution in [2.45, 2.75) is 150 Å². The molecule has 4 unspecified atom stereocenters. The van der Waals surface area contributed by atoms with Crippen LogP contribution in [0.4, 0.5) is 0 Å². The highest BCUT2D eigenvalue weighted by molar-refractivity contribution is 5.76. The minimum absolute atomic E-state index is 0.152. The first kappa shape index (κ1) is 37.1. The van der Waals surface area contributed by atoms with Crippen molar-refractivity contribution in [2.75, 3.05) is 39.3 Å². The van der Waals surface area contributed by atoms with Gasteiger partial charge in [-0.15, -0.1) is 0 Å². The normalized spacial score (nSPS) is 36.9. The second kappa shape index (κ2) is 16.6. The van der Waals surface area contributed by atoms with Crippen molar-refractivity contribution in [3.8, 4) is 0 Å². The first-order valence-electron chi connectivity index (χ1n) is 19.3. The van der Waals surface area contributed by atoms with E-state index < -0.39 is 0 Å². The number of aliphatic hydroxyl groups is 1. The van der Waals surface area contributed by atoms with E-state index in [4.69, 9.17) is 5.73 Å². The van der Waals surface area contributed by atoms with Crippen LogP contribution < -0.4 is 21.7 Å². The molecule has 0 aromatic rings. The first-order valence-corrected chi connectivity index (χ1v) is 19.3. The number of hydrogen-bond acceptors (Lipinski definition) is 6. The Bertz CT molecular complexity index is 907. The van der Waals surface area contributed by atoms with E-state index in [2.05, 4.69) is 69.3 Å².